The van der Waals surface area contributed by atoms with Gasteiger partial charge in [-0.05, 0) is 18.9 Å². The van der Waals surface area contributed by atoms with E-state index in [1.807, 2.05) is 0 Å². The van der Waals surface area contributed by atoms with E-state index in [2.05, 4.69) is 10.3 Å². The molecule has 1 saturated heterocycles. The first-order valence-electron chi connectivity index (χ1n) is 5.99. The van der Waals surface area contributed by atoms with E-state index in [-0.39, 0.29) is 6.04 Å². The van der Waals surface area contributed by atoms with Crippen LogP contribution in [0.4, 0.5) is 11.5 Å². The Morgan fingerprint density at radius 1 is 1.47 bits per heavy atom. The van der Waals surface area contributed by atoms with Gasteiger partial charge in [-0.15, -0.1) is 0 Å². The molecule has 1 aliphatic rings. The third-order valence-electron chi connectivity index (χ3n) is 3.15. The number of hydrogen-bond donors (Lipinski definition) is 2. The summed E-state index contributed by atoms with van der Waals surface area (Å²) >= 11 is 5.79. The van der Waals surface area contributed by atoms with Crippen molar-refractivity contribution in [3.8, 4) is 0 Å². The van der Waals surface area contributed by atoms with Crippen molar-refractivity contribution in [2.24, 2.45) is 0 Å². The van der Waals surface area contributed by atoms with Gasteiger partial charge in [0.1, 0.15) is 5.82 Å². The first-order valence-corrected chi connectivity index (χ1v) is 8.21. The molecule has 1 aliphatic heterocycles. The van der Waals surface area contributed by atoms with Crippen LogP contribution in [-0.4, -0.2) is 43.1 Å². The molecule has 0 aromatic carbocycles. The molecule has 0 amide bonds. The number of nitrogen functional groups attached to an aromatic ring is 1. The molecule has 2 rings (SSSR count). The van der Waals surface area contributed by atoms with E-state index in [0.717, 1.165) is 12.8 Å². The van der Waals surface area contributed by atoms with Crippen molar-refractivity contribution in [1.29, 1.82) is 0 Å². The van der Waals surface area contributed by atoms with Crippen LogP contribution < -0.4 is 11.1 Å². The van der Waals surface area contributed by atoms with Crippen molar-refractivity contribution < 1.29 is 8.42 Å². The highest BCUT2D eigenvalue weighted by Gasteiger charge is 2.25. The number of rotatable bonds is 3. The topological polar surface area (TPSA) is 88.3 Å². The molecule has 8 heteroatoms. The number of halogens is 1. The molecule has 0 bridgehead atoms. The summed E-state index contributed by atoms with van der Waals surface area (Å²) in [5.74, 6) is 0.599. The summed E-state index contributed by atoms with van der Waals surface area (Å²) in [6, 6.07) is 1.82. The fourth-order valence-electron chi connectivity index (χ4n) is 2.10. The van der Waals surface area contributed by atoms with Gasteiger partial charge in [-0.2, -0.15) is 0 Å². The summed E-state index contributed by atoms with van der Waals surface area (Å²) in [6.07, 6.45) is 4.24. The van der Waals surface area contributed by atoms with Gasteiger partial charge in [0.25, 0.3) is 0 Å². The second-order valence-corrected chi connectivity index (χ2v) is 7.09. The second-order valence-electron chi connectivity index (χ2n) is 4.67. The number of anilines is 2. The number of pyridine rings is 1. The van der Waals surface area contributed by atoms with Crippen LogP contribution in [0.2, 0.25) is 5.02 Å². The minimum atomic E-state index is -3.09. The van der Waals surface area contributed by atoms with Crippen molar-refractivity contribution in [3.05, 3.63) is 17.3 Å². The normalized spacial score (nSPS) is 18.4. The molecule has 1 aromatic rings. The van der Waals surface area contributed by atoms with Crippen molar-refractivity contribution in [2.75, 3.05) is 30.4 Å². The van der Waals surface area contributed by atoms with Crippen molar-refractivity contribution in [1.82, 2.24) is 9.29 Å². The van der Waals surface area contributed by atoms with Crippen molar-refractivity contribution >= 4 is 33.1 Å². The lowest BCUT2D eigenvalue weighted by molar-refractivity contribution is 0.331. The quantitative estimate of drug-likeness (QED) is 0.874. The largest absolute Gasteiger partial charge is 0.396 e. The standard InChI is InChI=1S/C11H17ClN4O2S/c1-19(17,18)16-4-2-9(3-5-16)15-11-10(13)6-8(12)7-14-11/h6-7,9H,2-5,13H2,1H3,(H,14,15). The highest BCUT2D eigenvalue weighted by molar-refractivity contribution is 7.88. The fourth-order valence-corrected chi connectivity index (χ4v) is 3.14. The number of hydrogen-bond acceptors (Lipinski definition) is 5. The number of nitrogens with two attached hydrogens (primary N) is 1. The lowest BCUT2D eigenvalue weighted by atomic mass is 10.1. The minimum Gasteiger partial charge on any atom is -0.396 e. The summed E-state index contributed by atoms with van der Waals surface area (Å²) in [5, 5.41) is 3.73. The predicted octanol–water partition coefficient (Wildman–Crippen LogP) is 1.15. The van der Waals surface area contributed by atoms with Gasteiger partial charge in [-0.25, -0.2) is 17.7 Å². The maximum atomic E-state index is 11.4. The maximum absolute atomic E-state index is 11.4. The molecular formula is C11H17ClN4O2S. The summed E-state index contributed by atoms with van der Waals surface area (Å²) in [4.78, 5) is 4.14. The molecule has 0 spiro atoms. The van der Waals surface area contributed by atoms with Gasteiger partial charge in [0.15, 0.2) is 0 Å². The van der Waals surface area contributed by atoms with Crippen LogP contribution in [0.3, 0.4) is 0 Å². The lowest BCUT2D eigenvalue weighted by Crippen LogP contribution is -2.42. The van der Waals surface area contributed by atoms with Gasteiger partial charge in [0, 0.05) is 25.3 Å². The molecular weight excluding hydrogens is 288 g/mol. The molecule has 106 valence electrons. The van der Waals surface area contributed by atoms with E-state index in [1.54, 1.807) is 6.07 Å². The summed E-state index contributed by atoms with van der Waals surface area (Å²) in [6.45, 7) is 1.04. The van der Waals surface area contributed by atoms with Gasteiger partial charge in [-0.3, -0.25) is 0 Å². The van der Waals surface area contributed by atoms with E-state index >= 15 is 0 Å². The molecule has 0 saturated carbocycles. The first kappa shape index (κ1) is 14.4. The molecule has 6 nitrogen and oxygen atoms in total. The highest BCUT2D eigenvalue weighted by Crippen LogP contribution is 2.23. The number of sulfonamides is 1. The number of nitrogens with zero attached hydrogens (tertiary/aromatic N) is 2. The average molecular weight is 305 g/mol. The van der Waals surface area contributed by atoms with Crippen LogP contribution in [0.25, 0.3) is 0 Å². The monoisotopic (exact) mass is 304 g/mol. The molecule has 0 unspecified atom stereocenters. The number of piperidine rings is 1. The Bertz CT molecular complexity index is 556. The Morgan fingerprint density at radius 3 is 2.63 bits per heavy atom. The average Bonchev–Trinajstić information content (AvgIpc) is 2.32. The Morgan fingerprint density at radius 2 is 2.11 bits per heavy atom. The van der Waals surface area contributed by atoms with Crippen LogP contribution in [-0.2, 0) is 10.0 Å². The Hall–Kier alpha value is -1.05. The number of aromatic nitrogens is 1. The van der Waals surface area contributed by atoms with Crippen LogP contribution in [0.1, 0.15) is 12.8 Å². The van der Waals surface area contributed by atoms with Gasteiger partial charge in [-0.1, -0.05) is 11.6 Å². The Kier molecular flexibility index (Phi) is 4.17. The molecule has 3 N–H and O–H groups in total. The van der Waals surface area contributed by atoms with Crippen LogP contribution in [0, 0.1) is 0 Å². The molecule has 0 atom stereocenters. The van der Waals surface area contributed by atoms with Crippen molar-refractivity contribution in [2.45, 2.75) is 18.9 Å². The summed E-state index contributed by atoms with van der Waals surface area (Å²) < 4.78 is 24.3. The smallest absolute Gasteiger partial charge is 0.211 e. The van der Waals surface area contributed by atoms with Crippen LogP contribution in [0.5, 0.6) is 0 Å². The third kappa shape index (κ3) is 3.71. The van der Waals surface area contributed by atoms with Crippen LogP contribution >= 0.6 is 11.6 Å². The second kappa shape index (κ2) is 5.52. The van der Waals surface area contributed by atoms with E-state index in [9.17, 15) is 8.42 Å². The molecule has 1 fully saturated rings. The Labute approximate surface area is 118 Å². The summed E-state index contributed by atoms with van der Waals surface area (Å²) in [7, 11) is -3.09. The molecule has 19 heavy (non-hydrogen) atoms. The van der Waals surface area contributed by atoms with E-state index in [1.165, 1.54) is 16.8 Å². The fraction of sp³-hybridized carbons (Fsp3) is 0.545. The lowest BCUT2D eigenvalue weighted by Gasteiger charge is -2.31. The molecule has 0 aliphatic carbocycles. The van der Waals surface area contributed by atoms with Gasteiger partial charge in [0.05, 0.1) is 17.0 Å². The third-order valence-corrected chi connectivity index (χ3v) is 4.66. The van der Waals surface area contributed by atoms with E-state index in [4.69, 9.17) is 17.3 Å². The summed E-state index contributed by atoms with van der Waals surface area (Å²) in [5.41, 5.74) is 6.32. The molecule has 1 aromatic heterocycles. The minimum absolute atomic E-state index is 0.175. The molecule has 0 radical (unpaired) electrons. The van der Waals surface area contributed by atoms with E-state index in [0.29, 0.717) is 29.6 Å². The van der Waals surface area contributed by atoms with Gasteiger partial charge in [0.2, 0.25) is 10.0 Å². The predicted molar refractivity (Wildman–Crippen MR) is 76.7 cm³/mol. The highest BCUT2D eigenvalue weighted by atomic mass is 35.5. The van der Waals surface area contributed by atoms with Crippen LogP contribution in [0.15, 0.2) is 12.3 Å². The van der Waals surface area contributed by atoms with Gasteiger partial charge < -0.3 is 11.1 Å². The SMILES string of the molecule is CS(=O)(=O)N1CCC(Nc2ncc(Cl)cc2N)CC1. The first-order chi connectivity index (χ1) is 8.86. The van der Waals surface area contributed by atoms with E-state index < -0.39 is 10.0 Å². The zero-order valence-electron chi connectivity index (χ0n) is 10.6. The maximum Gasteiger partial charge on any atom is 0.211 e. The zero-order valence-corrected chi connectivity index (χ0v) is 12.2. The number of nitrogens with one attached hydrogen (secondary N) is 1. The Balaban J connectivity index is 1.96. The van der Waals surface area contributed by atoms with Crippen molar-refractivity contribution in [3.63, 3.8) is 0 Å². The zero-order chi connectivity index (χ0) is 14.0. The van der Waals surface area contributed by atoms with Gasteiger partial charge >= 0.3 is 0 Å². The molecule has 2 heterocycles.